The second-order valence-corrected chi connectivity index (χ2v) is 8.09. The highest BCUT2D eigenvalue weighted by atomic mass is 19.1. The van der Waals surface area contributed by atoms with Crippen LogP contribution in [0.2, 0.25) is 0 Å². The van der Waals surface area contributed by atoms with Crippen molar-refractivity contribution < 1.29 is 28.6 Å². The lowest BCUT2D eigenvalue weighted by Crippen LogP contribution is -2.55. The minimum atomic E-state index is -1.78. The molecule has 4 rings (SSSR count). The molecule has 33 heavy (non-hydrogen) atoms. The summed E-state index contributed by atoms with van der Waals surface area (Å²) in [5.41, 5.74) is 2.21. The highest BCUT2D eigenvalue weighted by Crippen LogP contribution is 2.32. The second kappa shape index (κ2) is 9.16. The van der Waals surface area contributed by atoms with Crippen molar-refractivity contribution in [3.63, 3.8) is 0 Å². The van der Waals surface area contributed by atoms with Gasteiger partial charge < -0.3 is 30.1 Å². The van der Waals surface area contributed by atoms with Crippen LogP contribution in [0.4, 0.5) is 15.8 Å². The van der Waals surface area contributed by atoms with E-state index in [0.29, 0.717) is 23.8 Å². The monoisotopic (exact) mass is 456 g/mol. The summed E-state index contributed by atoms with van der Waals surface area (Å²) in [6.45, 7) is 4.25. The maximum absolute atomic E-state index is 14.0. The maximum Gasteiger partial charge on any atom is 0.259 e. The van der Waals surface area contributed by atoms with Crippen molar-refractivity contribution in [2.45, 2.75) is 38.7 Å². The average molecular weight is 456 g/mol. The third kappa shape index (κ3) is 4.67. The highest BCUT2D eigenvalue weighted by molar-refractivity contribution is 6.05. The number of amidine groups is 1. The molecule has 0 spiro atoms. The van der Waals surface area contributed by atoms with Gasteiger partial charge in [-0.15, -0.1) is 0 Å². The first-order chi connectivity index (χ1) is 15.7. The van der Waals surface area contributed by atoms with E-state index in [0.717, 1.165) is 11.1 Å². The highest BCUT2D eigenvalue weighted by Gasteiger charge is 2.40. The number of carbonyl (C=O) groups is 2. The first-order valence-corrected chi connectivity index (χ1v) is 10.6. The second-order valence-electron chi connectivity index (χ2n) is 8.09. The standard InChI is InChI=1S/C23H25FN4O5/c1-12(2)33-18-6-3-14(24)10-17(18)28-7-8-32-20(23(28)31)19(29)22(30)27-15-4-5-16-13(9-15)11-26-21(16)25/h3-6,9-10,12,19-20,29H,7-8,11H2,1-2H3,(H2,25,26)(H,27,30)/t19-,20-/m1/s1. The van der Waals surface area contributed by atoms with Crippen LogP contribution in [0.1, 0.15) is 25.0 Å². The van der Waals surface area contributed by atoms with Crippen molar-refractivity contribution in [3.05, 3.63) is 53.3 Å². The van der Waals surface area contributed by atoms with Crippen LogP contribution < -0.4 is 20.3 Å². The molecule has 174 valence electrons. The summed E-state index contributed by atoms with van der Waals surface area (Å²) in [5, 5.41) is 23.9. The molecule has 1 fully saturated rings. The molecule has 0 aromatic heterocycles. The van der Waals surface area contributed by atoms with Gasteiger partial charge in [0.25, 0.3) is 11.8 Å². The number of carbonyl (C=O) groups excluding carboxylic acids is 2. The predicted molar refractivity (Wildman–Crippen MR) is 119 cm³/mol. The number of hydrogen-bond donors (Lipinski definition) is 4. The van der Waals surface area contributed by atoms with Gasteiger partial charge in [0.2, 0.25) is 0 Å². The van der Waals surface area contributed by atoms with Gasteiger partial charge in [0.1, 0.15) is 17.4 Å². The molecule has 9 nitrogen and oxygen atoms in total. The number of anilines is 2. The van der Waals surface area contributed by atoms with Crippen LogP contribution in [0.15, 0.2) is 36.4 Å². The van der Waals surface area contributed by atoms with E-state index < -0.39 is 29.8 Å². The minimum Gasteiger partial charge on any atom is -0.489 e. The van der Waals surface area contributed by atoms with Crippen LogP contribution in [-0.4, -0.2) is 54.2 Å². The van der Waals surface area contributed by atoms with E-state index in [-0.39, 0.29) is 24.9 Å². The van der Waals surface area contributed by atoms with E-state index in [1.165, 1.54) is 23.1 Å². The molecule has 10 heteroatoms. The molecule has 0 radical (unpaired) electrons. The van der Waals surface area contributed by atoms with Crippen molar-refractivity contribution in [1.82, 2.24) is 5.32 Å². The van der Waals surface area contributed by atoms with E-state index >= 15 is 0 Å². The number of morpholine rings is 1. The number of hydrogen-bond acceptors (Lipinski definition) is 6. The summed E-state index contributed by atoms with van der Waals surface area (Å²) in [6.07, 6.45) is -3.45. The fraction of sp³-hybridized carbons (Fsp3) is 0.348. The van der Waals surface area contributed by atoms with E-state index in [1.807, 2.05) is 13.8 Å². The van der Waals surface area contributed by atoms with E-state index in [4.69, 9.17) is 14.9 Å². The zero-order valence-corrected chi connectivity index (χ0v) is 18.2. The number of rotatable bonds is 6. The summed E-state index contributed by atoms with van der Waals surface area (Å²) in [7, 11) is 0. The molecule has 2 atom stereocenters. The van der Waals surface area contributed by atoms with E-state index in [2.05, 4.69) is 10.6 Å². The van der Waals surface area contributed by atoms with Crippen molar-refractivity contribution in [3.8, 4) is 5.75 Å². The molecule has 2 aliphatic rings. The van der Waals surface area contributed by atoms with Gasteiger partial charge in [-0.05, 0) is 49.7 Å². The topological polar surface area (TPSA) is 124 Å². The van der Waals surface area contributed by atoms with Crippen molar-refractivity contribution in [2.24, 2.45) is 0 Å². The lowest BCUT2D eigenvalue weighted by Gasteiger charge is -2.35. The van der Waals surface area contributed by atoms with Crippen molar-refractivity contribution in [1.29, 1.82) is 5.41 Å². The number of nitrogens with one attached hydrogen (secondary N) is 3. The third-order valence-corrected chi connectivity index (χ3v) is 5.35. The normalized spacial score (nSPS) is 18.7. The maximum atomic E-state index is 14.0. The first kappa shape index (κ1) is 22.7. The minimum absolute atomic E-state index is 0.0466. The van der Waals surface area contributed by atoms with Gasteiger partial charge >= 0.3 is 0 Å². The lowest BCUT2D eigenvalue weighted by atomic mass is 10.1. The van der Waals surface area contributed by atoms with Crippen LogP contribution >= 0.6 is 0 Å². The zero-order valence-electron chi connectivity index (χ0n) is 18.2. The summed E-state index contributed by atoms with van der Waals surface area (Å²) >= 11 is 0. The molecule has 2 heterocycles. The number of halogens is 1. The Hall–Kier alpha value is -3.50. The van der Waals surface area contributed by atoms with Gasteiger partial charge in [0.05, 0.1) is 18.4 Å². The molecule has 2 aromatic carbocycles. The summed E-state index contributed by atoms with van der Waals surface area (Å²) in [4.78, 5) is 27.1. The van der Waals surface area contributed by atoms with Crippen LogP contribution in [0, 0.1) is 11.2 Å². The molecule has 2 amide bonds. The predicted octanol–water partition coefficient (Wildman–Crippen LogP) is 1.77. The zero-order chi connectivity index (χ0) is 23.7. The SMILES string of the molecule is CC(C)Oc1ccc(F)cc1N1CCO[C@H]([C@@H](O)C(=O)Nc2ccc3c(c2)CNC3=N)C1=O. The lowest BCUT2D eigenvalue weighted by molar-refractivity contribution is -0.150. The Labute approximate surface area is 190 Å². The fourth-order valence-electron chi connectivity index (χ4n) is 3.82. The van der Waals surface area contributed by atoms with E-state index in [1.54, 1.807) is 18.2 Å². The number of ether oxygens (including phenoxy) is 2. The van der Waals surface area contributed by atoms with Crippen LogP contribution in [-0.2, 0) is 20.9 Å². The van der Waals surface area contributed by atoms with Crippen LogP contribution in [0.3, 0.4) is 0 Å². The largest absolute Gasteiger partial charge is 0.489 e. The molecule has 0 aliphatic carbocycles. The Morgan fingerprint density at radius 1 is 1.33 bits per heavy atom. The molecule has 4 N–H and O–H groups in total. The number of aliphatic hydroxyl groups is 1. The summed E-state index contributed by atoms with van der Waals surface area (Å²) in [5.74, 6) is -1.41. The quantitative estimate of drug-likeness (QED) is 0.525. The van der Waals surface area contributed by atoms with Gasteiger partial charge in [-0.3, -0.25) is 15.0 Å². The Morgan fingerprint density at radius 3 is 2.88 bits per heavy atom. The molecule has 0 unspecified atom stereocenters. The molecule has 0 bridgehead atoms. The molecule has 2 aliphatic heterocycles. The summed E-state index contributed by atoms with van der Waals surface area (Å²) < 4.78 is 25.1. The smallest absolute Gasteiger partial charge is 0.259 e. The number of amides is 2. The van der Waals surface area contributed by atoms with Crippen molar-refractivity contribution in [2.75, 3.05) is 23.4 Å². The molecule has 1 saturated heterocycles. The molecule has 0 saturated carbocycles. The Bertz CT molecular complexity index is 1110. The van der Waals surface area contributed by atoms with Gasteiger partial charge in [0.15, 0.2) is 12.2 Å². The summed E-state index contributed by atoms with van der Waals surface area (Å²) in [6, 6.07) is 8.87. The van der Waals surface area contributed by atoms with Gasteiger partial charge in [-0.1, -0.05) is 0 Å². The Kier molecular flexibility index (Phi) is 6.30. The van der Waals surface area contributed by atoms with Gasteiger partial charge in [-0.25, -0.2) is 4.39 Å². The van der Waals surface area contributed by atoms with E-state index in [9.17, 15) is 19.1 Å². The molecular weight excluding hydrogens is 431 g/mol. The number of nitrogens with zero attached hydrogens (tertiary/aromatic N) is 1. The van der Waals surface area contributed by atoms with Crippen LogP contribution in [0.5, 0.6) is 5.75 Å². The number of aliphatic hydroxyl groups excluding tert-OH is 1. The van der Waals surface area contributed by atoms with Crippen molar-refractivity contribution >= 4 is 29.0 Å². The number of fused-ring (bicyclic) bond motifs is 1. The molecular formula is C23H25FN4O5. The van der Waals surface area contributed by atoms with Crippen LogP contribution in [0.25, 0.3) is 0 Å². The van der Waals surface area contributed by atoms with Gasteiger partial charge in [0, 0.05) is 30.4 Å². The Balaban J connectivity index is 1.50. The molecule has 2 aromatic rings. The van der Waals surface area contributed by atoms with Gasteiger partial charge in [-0.2, -0.15) is 0 Å². The third-order valence-electron chi connectivity index (χ3n) is 5.35. The average Bonchev–Trinajstić information content (AvgIpc) is 3.14. The first-order valence-electron chi connectivity index (χ1n) is 10.6. The fourth-order valence-corrected chi connectivity index (χ4v) is 3.82. The Morgan fingerprint density at radius 2 is 2.12 bits per heavy atom. The number of benzene rings is 2.